The van der Waals surface area contributed by atoms with Gasteiger partial charge in [0.05, 0.1) is 6.21 Å². The molecule has 0 saturated carbocycles. The number of benzene rings is 4. The lowest BCUT2D eigenvalue weighted by Crippen LogP contribution is -2.18. The Morgan fingerprint density at radius 1 is 0.765 bits per heavy atom. The molecule has 4 rings (SSSR count). The standard InChI is InChI=1S/C28H23N3O3/c1-20-9-5-6-16-26(20)28(33)30-23-12-8-11-22(18-23)27(32)31-29-19-21-10-7-15-25(17-21)34-24-13-3-2-4-14-24/h2-19H,1H3,(H,30,33)(H,31,32)/b29-19-. The molecular formula is C28H23N3O3. The highest BCUT2D eigenvalue weighted by molar-refractivity contribution is 6.06. The second-order valence-electron chi connectivity index (χ2n) is 7.54. The minimum atomic E-state index is -0.389. The van der Waals surface area contributed by atoms with Crippen LogP contribution in [0.4, 0.5) is 5.69 Å². The molecule has 0 aliphatic heterocycles. The van der Waals surface area contributed by atoms with Gasteiger partial charge in [-0.1, -0.05) is 54.6 Å². The molecule has 4 aromatic rings. The summed E-state index contributed by atoms with van der Waals surface area (Å²) in [6.07, 6.45) is 1.54. The quantitative estimate of drug-likeness (QED) is 0.276. The van der Waals surface area contributed by atoms with Crippen molar-refractivity contribution in [3.63, 3.8) is 0 Å². The van der Waals surface area contributed by atoms with E-state index in [4.69, 9.17) is 4.74 Å². The summed E-state index contributed by atoms with van der Waals surface area (Å²) in [5.41, 5.74) is 5.65. The SMILES string of the molecule is Cc1ccccc1C(=O)Nc1cccc(C(=O)N/N=C\c2cccc(Oc3ccccc3)c2)c1. The van der Waals surface area contributed by atoms with Crippen molar-refractivity contribution in [1.82, 2.24) is 5.43 Å². The molecule has 0 spiro atoms. The number of aryl methyl sites for hydroxylation is 1. The summed E-state index contributed by atoms with van der Waals surface area (Å²) in [6, 6.07) is 30.9. The third-order valence-electron chi connectivity index (χ3n) is 4.99. The van der Waals surface area contributed by atoms with Crippen LogP contribution in [-0.4, -0.2) is 18.0 Å². The van der Waals surface area contributed by atoms with Crippen molar-refractivity contribution in [3.8, 4) is 11.5 Å². The summed E-state index contributed by atoms with van der Waals surface area (Å²) < 4.78 is 5.82. The first kappa shape index (κ1) is 22.5. The molecule has 34 heavy (non-hydrogen) atoms. The van der Waals surface area contributed by atoms with Crippen molar-refractivity contribution in [1.29, 1.82) is 0 Å². The van der Waals surface area contributed by atoms with E-state index in [2.05, 4.69) is 15.8 Å². The summed E-state index contributed by atoms with van der Waals surface area (Å²) in [5, 5.41) is 6.88. The van der Waals surface area contributed by atoms with Gasteiger partial charge in [-0.05, 0) is 66.6 Å². The number of ether oxygens (including phenoxy) is 1. The molecular weight excluding hydrogens is 426 g/mol. The van der Waals surface area contributed by atoms with Gasteiger partial charge in [-0.25, -0.2) is 5.43 Å². The molecule has 0 atom stereocenters. The first-order valence-electron chi connectivity index (χ1n) is 10.7. The van der Waals surface area contributed by atoms with Crippen molar-refractivity contribution in [2.45, 2.75) is 6.92 Å². The van der Waals surface area contributed by atoms with Crippen LogP contribution in [0.25, 0.3) is 0 Å². The third-order valence-corrected chi connectivity index (χ3v) is 4.99. The Kier molecular flexibility index (Phi) is 7.10. The summed E-state index contributed by atoms with van der Waals surface area (Å²) in [7, 11) is 0. The number of nitrogens with one attached hydrogen (secondary N) is 2. The van der Waals surface area contributed by atoms with E-state index in [1.165, 1.54) is 0 Å². The smallest absolute Gasteiger partial charge is 0.271 e. The highest BCUT2D eigenvalue weighted by Gasteiger charge is 2.10. The molecule has 6 nitrogen and oxygen atoms in total. The van der Waals surface area contributed by atoms with Crippen molar-refractivity contribution < 1.29 is 14.3 Å². The number of nitrogens with zero attached hydrogens (tertiary/aromatic N) is 1. The predicted molar refractivity (Wildman–Crippen MR) is 134 cm³/mol. The largest absolute Gasteiger partial charge is 0.457 e. The zero-order valence-electron chi connectivity index (χ0n) is 18.6. The van der Waals surface area contributed by atoms with E-state index in [1.807, 2.05) is 79.7 Å². The molecule has 0 aliphatic carbocycles. The van der Waals surface area contributed by atoms with Gasteiger partial charge in [-0.3, -0.25) is 9.59 Å². The molecule has 0 fully saturated rings. The van der Waals surface area contributed by atoms with Crippen LogP contribution in [0.15, 0.2) is 108 Å². The van der Waals surface area contributed by atoms with Crippen LogP contribution in [-0.2, 0) is 0 Å². The van der Waals surface area contributed by atoms with Crippen LogP contribution < -0.4 is 15.5 Å². The minimum Gasteiger partial charge on any atom is -0.457 e. The summed E-state index contributed by atoms with van der Waals surface area (Å²) in [4.78, 5) is 25.1. The molecule has 168 valence electrons. The predicted octanol–water partition coefficient (Wildman–Crippen LogP) is 5.80. The topological polar surface area (TPSA) is 79.8 Å². The van der Waals surface area contributed by atoms with Crippen LogP contribution in [0.5, 0.6) is 11.5 Å². The van der Waals surface area contributed by atoms with Gasteiger partial charge >= 0.3 is 0 Å². The Balaban J connectivity index is 1.37. The average molecular weight is 450 g/mol. The Morgan fingerprint density at radius 3 is 2.32 bits per heavy atom. The Bertz CT molecular complexity index is 1330. The van der Waals surface area contributed by atoms with Crippen molar-refractivity contribution >= 4 is 23.7 Å². The minimum absolute atomic E-state index is 0.230. The van der Waals surface area contributed by atoms with Crippen LogP contribution >= 0.6 is 0 Å². The molecule has 0 aliphatic rings. The fourth-order valence-electron chi connectivity index (χ4n) is 3.28. The van der Waals surface area contributed by atoms with Crippen LogP contribution in [0.3, 0.4) is 0 Å². The fourth-order valence-corrected chi connectivity index (χ4v) is 3.28. The second kappa shape index (κ2) is 10.7. The first-order chi connectivity index (χ1) is 16.6. The molecule has 0 aromatic heterocycles. The average Bonchev–Trinajstić information content (AvgIpc) is 2.85. The van der Waals surface area contributed by atoms with Crippen molar-refractivity contribution in [3.05, 3.63) is 125 Å². The lowest BCUT2D eigenvalue weighted by Gasteiger charge is -2.09. The number of amides is 2. The van der Waals surface area contributed by atoms with Gasteiger partial charge in [-0.2, -0.15) is 5.10 Å². The van der Waals surface area contributed by atoms with Gasteiger partial charge in [0.25, 0.3) is 11.8 Å². The third kappa shape index (κ3) is 5.95. The maximum absolute atomic E-state index is 12.5. The van der Waals surface area contributed by atoms with E-state index in [0.717, 1.165) is 16.9 Å². The normalized spacial score (nSPS) is 10.6. The molecule has 6 heteroatoms. The van der Waals surface area contributed by atoms with Crippen LogP contribution in [0.1, 0.15) is 31.8 Å². The maximum atomic E-state index is 12.5. The molecule has 0 radical (unpaired) electrons. The number of hydrazone groups is 1. The van der Waals surface area contributed by atoms with E-state index >= 15 is 0 Å². The van der Waals surface area contributed by atoms with Gasteiger partial charge in [0.15, 0.2) is 0 Å². The molecule has 0 heterocycles. The zero-order valence-corrected chi connectivity index (χ0v) is 18.6. The maximum Gasteiger partial charge on any atom is 0.271 e. The fraction of sp³-hybridized carbons (Fsp3) is 0.0357. The Hall–Kier alpha value is -4.71. The number of hydrogen-bond acceptors (Lipinski definition) is 4. The van der Waals surface area contributed by atoms with E-state index in [1.54, 1.807) is 36.5 Å². The number of anilines is 1. The van der Waals surface area contributed by atoms with E-state index in [0.29, 0.717) is 22.6 Å². The van der Waals surface area contributed by atoms with Gasteiger partial charge in [-0.15, -0.1) is 0 Å². The lowest BCUT2D eigenvalue weighted by atomic mass is 10.1. The van der Waals surface area contributed by atoms with E-state index in [9.17, 15) is 9.59 Å². The van der Waals surface area contributed by atoms with Crippen LogP contribution in [0, 0.1) is 6.92 Å². The Morgan fingerprint density at radius 2 is 1.50 bits per heavy atom. The highest BCUT2D eigenvalue weighted by Crippen LogP contribution is 2.21. The highest BCUT2D eigenvalue weighted by atomic mass is 16.5. The molecule has 4 aromatic carbocycles. The Labute approximate surface area is 197 Å². The molecule has 0 bridgehead atoms. The number of carbonyl (C=O) groups excluding carboxylic acids is 2. The van der Waals surface area contributed by atoms with Crippen LogP contribution in [0.2, 0.25) is 0 Å². The number of rotatable bonds is 7. The van der Waals surface area contributed by atoms with Crippen molar-refractivity contribution in [2.75, 3.05) is 5.32 Å². The number of para-hydroxylation sites is 1. The van der Waals surface area contributed by atoms with E-state index < -0.39 is 0 Å². The van der Waals surface area contributed by atoms with Crippen molar-refractivity contribution in [2.24, 2.45) is 5.10 Å². The molecule has 2 N–H and O–H groups in total. The molecule has 2 amide bonds. The number of hydrogen-bond donors (Lipinski definition) is 2. The zero-order chi connectivity index (χ0) is 23.8. The molecule has 0 unspecified atom stereocenters. The monoisotopic (exact) mass is 449 g/mol. The van der Waals surface area contributed by atoms with E-state index in [-0.39, 0.29) is 11.8 Å². The van der Waals surface area contributed by atoms with Gasteiger partial charge in [0.2, 0.25) is 0 Å². The second-order valence-corrected chi connectivity index (χ2v) is 7.54. The number of carbonyl (C=O) groups is 2. The summed E-state index contributed by atoms with van der Waals surface area (Å²) >= 11 is 0. The van der Waals surface area contributed by atoms with Gasteiger partial charge < -0.3 is 10.1 Å². The van der Waals surface area contributed by atoms with Gasteiger partial charge in [0, 0.05) is 16.8 Å². The summed E-state index contributed by atoms with van der Waals surface area (Å²) in [6.45, 7) is 1.88. The molecule has 0 saturated heterocycles. The summed E-state index contributed by atoms with van der Waals surface area (Å²) in [5.74, 6) is 0.782. The van der Waals surface area contributed by atoms with Gasteiger partial charge in [0.1, 0.15) is 11.5 Å². The lowest BCUT2D eigenvalue weighted by molar-refractivity contribution is 0.0953. The first-order valence-corrected chi connectivity index (χ1v) is 10.7.